The summed E-state index contributed by atoms with van der Waals surface area (Å²) in [4.78, 5) is 54.8. The fraction of sp³-hybridized carbons (Fsp3) is 0.171. The van der Waals surface area contributed by atoms with Gasteiger partial charge in [0.1, 0.15) is 11.2 Å². The van der Waals surface area contributed by atoms with Crippen LogP contribution < -0.4 is 9.64 Å². The van der Waals surface area contributed by atoms with E-state index in [9.17, 15) is 19.2 Å². The lowest BCUT2D eigenvalue weighted by Crippen LogP contribution is -2.41. The van der Waals surface area contributed by atoms with Crippen LogP contribution in [0.25, 0.3) is 0 Å². The Morgan fingerprint density at radius 1 is 0.627 bits per heavy atom. The number of benzene rings is 5. The third-order valence-electron chi connectivity index (χ3n) is 9.86. The second-order valence-corrected chi connectivity index (χ2v) is 12.9. The molecule has 0 spiro atoms. The first kappa shape index (κ1) is 33.5. The van der Waals surface area contributed by atoms with E-state index in [1.807, 2.05) is 67.6 Å². The molecular weight excluding hydrogens is 657 g/mol. The number of fused-ring (bicyclic) bond motifs is 2. The molecule has 10 heteroatoms. The van der Waals surface area contributed by atoms with Crippen LogP contribution in [0.2, 0.25) is 0 Å². The highest BCUT2D eigenvalue weighted by atomic mass is 19.4. The topological polar surface area (TPSA) is 84.0 Å². The van der Waals surface area contributed by atoms with Crippen LogP contribution in [0.15, 0.2) is 115 Å². The monoisotopic (exact) mass is 688 g/mol. The average molecular weight is 689 g/mol. The summed E-state index contributed by atoms with van der Waals surface area (Å²) in [6, 6.07) is 31.5. The Morgan fingerprint density at radius 2 is 1.12 bits per heavy atom. The molecule has 2 aliphatic heterocycles. The number of nitrogens with zero attached hydrogens (tertiary/aromatic N) is 2. The number of ether oxygens (including phenoxy) is 1. The van der Waals surface area contributed by atoms with Gasteiger partial charge in [0.25, 0.3) is 23.6 Å². The highest BCUT2D eigenvalue weighted by Gasteiger charge is 2.55. The predicted octanol–water partition coefficient (Wildman–Crippen LogP) is 8.10. The number of aryl methyl sites for hydroxylation is 1. The Labute approximate surface area is 291 Å². The van der Waals surface area contributed by atoms with Crippen LogP contribution in [0, 0.1) is 6.92 Å². The highest BCUT2D eigenvalue weighted by molar-refractivity contribution is 6.35. The van der Waals surface area contributed by atoms with Gasteiger partial charge in [-0.2, -0.15) is 13.2 Å². The quantitative estimate of drug-likeness (QED) is 0.154. The number of carbonyl (C=O) groups is 4. The van der Waals surface area contributed by atoms with Gasteiger partial charge in [-0.3, -0.25) is 24.1 Å². The van der Waals surface area contributed by atoms with E-state index in [0.29, 0.717) is 0 Å². The molecule has 0 aromatic heterocycles. The Kier molecular flexibility index (Phi) is 8.13. The first-order valence-electron chi connectivity index (χ1n) is 16.2. The normalized spacial score (nSPS) is 15.4. The molecule has 0 saturated heterocycles. The molecule has 5 aromatic rings. The molecular formula is C41H31F3N2O5. The lowest BCUT2D eigenvalue weighted by Gasteiger charge is -2.33. The first-order valence-corrected chi connectivity index (χ1v) is 16.2. The average Bonchev–Trinajstić information content (AvgIpc) is 3.50. The Hall–Kier alpha value is -6.03. The third kappa shape index (κ3) is 5.47. The first-order chi connectivity index (χ1) is 24.3. The van der Waals surface area contributed by atoms with Crippen LogP contribution in [-0.4, -0.2) is 48.4 Å². The summed E-state index contributed by atoms with van der Waals surface area (Å²) in [6.45, 7) is 2.96. The van der Waals surface area contributed by atoms with E-state index in [1.54, 1.807) is 18.2 Å². The molecule has 0 saturated carbocycles. The van der Waals surface area contributed by atoms with Gasteiger partial charge in [0.15, 0.2) is 0 Å². The van der Waals surface area contributed by atoms with E-state index in [1.165, 1.54) is 25.2 Å². The largest absolute Gasteiger partial charge is 0.490 e. The standard InChI is InChI=1S/C41H31F3N2O5/c1-24-14-19-34(35(20-24)51-23-33(25-10-6-4-7-11-25)26-12-8-5-9-13-26)46-38(49)30-18-16-28(22-32(30)39(46)50)40(2,41(42,43)44)27-15-17-29-31(21-27)37(48)45(3)36(29)47/h4-22,33H,23H2,1-3H3. The molecule has 0 fully saturated rings. The van der Waals surface area contributed by atoms with Crippen molar-refractivity contribution in [3.63, 3.8) is 0 Å². The summed E-state index contributed by atoms with van der Waals surface area (Å²) in [7, 11) is 1.26. The minimum absolute atomic E-state index is 0.0103. The van der Waals surface area contributed by atoms with Crippen molar-refractivity contribution in [1.82, 2.24) is 4.90 Å². The Balaban J connectivity index is 1.24. The van der Waals surface area contributed by atoms with Gasteiger partial charge in [0.05, 0.1) is 34.5 Å². The number of amides is 4. The molecule has 51 heavy (non-hydrogen) atoms. The number of hydrogen-bond donors (Lipinski definition) is 0. The molecule has 2 aliphatic rings. The van der Waals surface area contributed by atoms with E-state index in [2.05, 4.69) is 0 Å². The van der Waals surface area contributed by atoms with Crippen molar-refractivity contribution in [2.45, 2.75) is 31.4 Å². The summed E-state index contributed by atoms with van der Waals surface area (Å²) in [5, 5.41) is 0. The van der Waals surface area contributed by atoms with Gasteiger partial charge < -0.3 is 4.74 Å². The third-order valence-corrected chi connectivity index (χ3v) is 9.86. The van der Waals surface area contributed by atoms with Crippen molar-refractivity contribution in [1.29, 1.82) is 0 Å². The number of carbonyl (C=O) groups excluding carboxylic acids is 4. The zero-order valence-corrected chi connectivity index (χ0v) is 27.8. The van der Waals surface area contributed by atoms with Crippen LogP contribution in [0.4, 0.5) is 18.9 Å². The summed E-state index contributed by atoms with van der Waals surface area (Å²) in [5.74, 6) is -2.72. The van der Waals surface area contributed by atoms with E-state index in [-0.39, 0.29) is 57.3 Å². The Morgan fingerprint density at radius 3 is 1.67 bits per heavy atom. The molecule has 1 unspecified atom stereocenters. The van der Waals surface area contributed by atoms with Crippen molar-refractivity contribution in [3.05, 3.63) is 165 Å². The van der Waals surface area contributed by atoms with Gasteiger partial charge in [-0.25, -0.2) is 4.90 Å². The van der Waals surface area contributed by atoms with Crippen molar-refractivity contribution < 1.29 is 37.1 Å². The van der Waals surface area contributed by atoms with E-state index < -0.39 is 35.2 Å². The summed E-state index contributed by atoms with van der Waals surface area (Å²) in [6.07, 6.45) is -4.90. The SMILES string of the molecule is Cc1ccc(N2C(=O)c3ccc(C(C)(c4ccc5c(c4)C(=O)N(C)C5=O)C(F)(F)F)cc3C2=O)c(OCC(c2ccccc2)c2ccccc2)c1. The fourth-order valence-electron chi connectivity index (χ4n) is 6.79. The van der Waals surface area contributed by atoms with E-state index in [0.717, 1.165) is 51.6 Å². The van der Waals surface area contributed by atoms with Gasteiger partial charge in [0.2, 0.25) is 0 Å². The maximum absolute atomic E-state index is 15.1. The van der Waals surface area contributed by atoms with Crippen LogP contribution >= 0.6 is 0 Å². The molecule has 0 aliphatic carbocycles. The fourth-order valence-corrected chi connectivity index (χ4v) is 6.79. The zero-order valence-electron chi connectivity index (χ0n) is 27.8. The summed E-state index contributed by atoms with van der Waals surface area (Å²) >= 11 is 0. The van der Waals surface area contributed by atoms with Crippen molar-refractivity contribution in [2.24, 2.45) is 0 Å². The molecule has 1 atom stereocenters. The number of imide groups is 2. The smallest absolute Gasteiger partial charge is 0.402 e. The number of halogens is 3. The summed E-state index contributed by atoms with van der Waals surface area (Å²) in [5.41, 5.74) is -0.700. The molecule has 7 rings (SSSR count). The lowest BCUT2D eigenvalue weighted by atomic mass is 9.74. The number of hydrogen-bond acceptors (Lipinski definition) is 5. The molecule has 2 heterocycles. The van der Waals surface area contributed by atoms with Gasteiger partial charge >= 0.3 is 6.18 Å². The predicted molar refractivity (Wildman–Crippen MR) is 184 cm³/mol. The molecule has 0 N–H and O–H groups in total. The van der Waals surface area contributed by atoms with Crippen molar-refractivity contribution in [3.8, 4) is 5.75 Å². The van der Waals surface area contributed by atoms with Crippen LogP contribution in [0.5, 0.6) is 5.75 Å². The van der Waals surface area contributed by atoms with E-state index >= 15 is 13.2 Å². The van der Waals surface area contributed by atoms with Crippen LogP contribution in [0.1, 0.15) is 82.1 Å². The summed E-state index contributed by atoms with van der Waals surface area (Å²) < 4.78 is 51.7. The van der Waals surface area contributed by atoms with Gasteiger partial charge in [-0.15, -0.1) is 0 Å². The highest BCUT2D eigenvalue weighted by Crippen LogP contribution is 2.48. The van der Waals surface area contributed by atoms with Crippen molar-refractivity contribution in [2.75, 3.05) is 18.6 Å². The number of rotatable bonds is 8. The second-order valence-electron chi connectivity index (χ2n) is 12.9. The maximum atomic E-state index is 15.1. The lowest BCUT2D eigenvalue weighted by molar-refractivity contribution is -0.173. The zero-order chi connectivity index (χ0) is 36.2. The molecule has 5 aromatic carbocycles. The van der Waals surface area contributed by atoms with E-state index in [4.69, 9.17) is 4.74 Å². The van der Waals surface area contributed by atoms with Gasteiger partial charge in [0, 0.05) is 13.0 Å². The van der Waals surface area contributed by atoms with Gasteiger partial charge in [-0.05, 0) is 78.1 Å². The minimum Gasteiger partial charge on any atom is -0.490 e. The van der Waals surface area contributed by atoms with Crippen molar-refractivity contribution >= 4 is 29.3 Å². The minimum atomic E-state index is -4.90. The number of alkyl halides is 3. The number of anilines is 1. The Bertz CT molecular complexity index is 2200. The molecule has 7 nitrogen and oxygen atoms in total. The maximum Gasteiger partial charge on any atom is 0.402 e. The van der Waals surface area contributed by atoms with Crippen LogP contribution in [-0.2, 0) is 5.41 Å². The second kappa shape index (κ2) is 12.4. The van der Waals surface area contributed by atoms with Crippen LogP contribution in [0.3, 0.4) is 0 Å². The molecule has 4 amide bonds. The molecule has 256 valence electrons. The van der Waals surface area contributed by atoms with Gasteiger partial charge in [-0.1, -0.05) is 78.9 Å². The molecule has 0 radical (unpaired) electrons. The molecule has 0 bridgehead atoms.